The van der Waals surface area contributed by atoms with Crippen LogP contribution in [0.5, 0.6) is 0 Å². The second-order valence-electron chi connectivity index (χ2n) is 2.77. The number of carbonyl (C=O) groups excluding carboxylic acids is 1. The fraction of sp³-hybridized carbons (Fsp3) is 0.250. The van der Waals surface area contributed by atoms with Crippen molar-refractivity contribution in [3.8, 4) is 0 Å². The van der Waals surface area contributed by atoms with Gasteiger partial charge in [0, 0.05) is 11.5 Å². The first-order valence-corrected chi connectivity index (χ1v) is 5.66. The number of aliphatic imine (C=N–C) groups is 1. The lowest BCUT2D eigenvalue weighted by Crippen LogP contribution is -2.24. The smallest absolute Gasteiger partial charge is 0.254 e. The van der Waals surface area contributed by atoms with E-state index in [1.54, 1.807) is 7.05 Å². The van der Waals surface area contributed by atoms with Gasteiger partial charge in [0.05, 0.1) is 4.88 Å². The molecule has 2 heterocycles. The minimum Gasteiger partial charge on any atom is -0.340 e. The van der Waals surface area contributed by atoms with Crippen molar-refractivity contribution in [3.05, 3.63) is 20.8 Å². The minimum absolute atomic E-state index is 0.0613. The van der Waals surface area contributed by atoms with E-state index in [0.29, 0.717) is 5.96 Å². The van der Waals surface area contributed by atoms with Crippen LogP contribution in [0.25, 0.3) is 0 Å². The fourth-order valence-corrected chi connectivity index (χ4v) is 2.89. The molecule has 0 bridgehead atoms. The van der Waals surface area contributed by atoms with E-state index in [1.165, 1.54) is 11.3 Å². The van der Waals surface area contributed by atoms with Crippen LogP contribution in [0.2, 0.25) is 0 Å². The van der Waals surface area contributed by atoms with Gasteiger partial charge in [0.25, 0.3) is 5.91 Å². The predicted molar refractivity (Wildman–Crippen MR) is 59.4 cm³/mol. The van der Waals surface area contributed by atoms with E-state index in [0.717, 1.165) is 9.35 Å². The highest BCUT2D eigenvalue weighted by atomic mass is 79.9. The van der Waals surface area contributed by atoms with E-state index in [-0.39, 0.29) is 11.9 Å². The summed E-state index contributed by atoms with van der Waals surface area (Å²) in [6.45, 7) is 0. The van der Waals surface area contributed by atoms with Gasteiger partial charge in [-0.2, -0.15) is 0 Å². The first kappa shape index (κ1) is 9.67. The van der Waals surface area contributed by atoms with E-state index in [9.17, 15) is 4.79 Å². The summed E-state index contributed by atoms with van der Waals surface area (Å²) in [7, 11) is 1.63. The van der Waals surface area contributed by atoms with Crippen LogP contribution in [0.3, 0.4) is 0 Å². The zero-order valence-corrected chi connectivity index (χ0v) is 9.78. The molecule has 0 saturated carbocycles. The average molecular weight is 274 g/mol. The molecule has 6 heteroatoms. The van der Waals surface area contributed by atoms with Gasteiger partial charge in [0.15, 0.2) is 5.96 Å². The molecule has 2 N–H and O–H groups in total. The van der Waals surface area contributed by atoms with E-state index in [1.807, 2.05) is 11.4 Å². The van der Waals surface area contributed by atoms with E-state index < -0.39 is 0 Å². The normalized spacial score (nSPS) is 23.7. The highest BCUT2D eigenvalue weighted by molar-refractivity contribution is 9.10. The van der Waals surface area contributed by atoms with Crippen LogP contribution in [0.15, 0.2) is 20.9 Å². The van der Waals surface area contributed by atoms with Gasteiger partial charge in [-0.1, -0.05) is 0 Å². The summed E-state index contributed by atoms with van der Waals surface area (Å²) in [6, 6.07) is 1.61. The molecule has 0 spiro atoms. The molecule has 1 aromatic heterocycles. The molecule has 2 rings (SSSR count). The molecule has 1 aromatic rings. The fourth-order valence-electron chi connectivity index (χ4n) is 1.24. The lowest BCUT2D eigenvalue weighted by molar-refractivity contribution is -0.120. The zero-order chi connectivity index (χ0) is 10.1. The molecule has 1 saturated heterocycles. The number of amides is 1. The van der Waals surface area contributed by atoms with E-state index >= 15 is 0 Å². The number of halogens is 1. The van der Waals surface area contributed by atoms with Crippen molar-refractivity contribution in [2.75, 3.05) is 7.05 Å². The Morgan fingerprint density at radius 2 is 2.43 bits per heavy atom. The Hall–Kier alpha value is -0.880. The Bertz CT molecular complexity index is 401. The minimum atomic E-state index is -0.317. The first-order chi connectivity index (χ1) is 6.72. The standard InChI is InChI=1S/C8H8BrN3OS/c1-10-8-11-5(7(13)12-8)6-4(9)2-3-14-6/h2-3,5H,1H3,(H2,10,11,12,13). The van der Waals surface area contributed by atoms with Gasteiger partial charge >= 0.3 is 0 Å². The summed E-state index contributed by atoms with van der Waals surface area (Å²) in [5.74, 6) is 0.467. The molecule has 1 atom stereocenters. The van der Waals surface area contributed by atoms with Crippen LogP contribution in [-0.2, 0) is 4.79 Å². The number of hydrogen-bond donors (Lipinski definition) is 2. The summed E-state index contributed by atoms with van der Waals surface area (Å²) in [6.07, 6.45) is 0. The van der Waals surface area contributed by atoms with Crippen LogP contribution in [-0.4, -0.2) is 18.9 Å². The summed E-state index contributed by atoms with van der Waals surface area (Å²) >= 11 is 4.93. The molecule has 0 aromatic carbocycles. The van der Waals surface area contributed by atoms with Crippen molar-refractivity contribution in [1.82, 2.24) is 10.6 Å². The molecule has 1 fully saturated rings. The maximum Gasteiger partial charge on any atom is 0.254 e. The van der Waals surface area contributed by atoms with Crippen molar-refractivity contribution in [2.24, 2.45) is 4.99 Å². The van der Waals surface area contributed by atoms with Crippen LogP contribution >= 0.6 is 27.3 Å². The molecule has 0 aliphatic carbocycles. The summed E-state index contributed by atoms with van der Waals surface area (Å²) in [5, 5.41) is 7.60. The summed E-state index contributed by atoms with van der Waals surface area (Å²) in [5.41, 5.74) is 0. The molecule has 14 heavy (non-hydrogen) atoms. The quantitative estimate of drug-likeness (QED) is 0.810. The molecule has 1 aliphatic rings. The van der Waals surface area contributed by atoms with Gasteiger partial charge in [-0.3, -0.25) is 15.1 Å². The third-order valence-electron chi connectivity index (χ3n) is 1.92. The van der Waals surface area contributed by atoms with Crippen LogP contribution in [0.1, 0.15) is 10.9 Å². The Labute approximate surface area is 93.5 Å². The van der Waals surface area contributed by atoms with Crippen molar-refractivity contribution < 1.29 is 4.79 Å². The average Bonchev–Trinajstić information content (AvgIpc) is 2.72. The number of hydrogen-bond acceptors (Lipinski definition) is 3. The van der Waals surface area contributed by atoms with Crippen molar-refractivity contribution in [1.29, 1.82) is 0 Å². The molecule has 0 radical (unpaired) electrons. The molecule has 1 unspecified atom stereocenters. The highest BCUT2D eigenvalue weighted by Gasteiger charge is 2.31. The second-order valence-corrected chi connectivity index (χ2v) is 4.57. The van der Waals surface area contributed by atoms with Crippen LogP contribution in [0, 0.1) is 0 Å². The third kappa shape index (κ3) is 1.55. The number of rotatable bonds is 1. The van der Waals surface area contributed by atoms with Gasteiger partial charge in [0.1, 0.15) is 6.04 Å². The Morgan fingerprint density at radius 1 is 1.64 bits per heavy atom. The zero-order valence-electron chi connectivity index (χ0n) is 7.37. The number of nitrogens with one attached hydrogen (secondary N) is 2. The molecule has 74 valence electrons. The maximum atomic E-state index is 11.5. The van der Waals surface area contributed by atoms with Crippen LogP contribution < -0.4 is 10.6 Å². The highest BCUT2D eigenvalue weighted by Crippen LogP contribution is 2.30. The molecule has 1 amide bonds. The van der Waals surface area contributed by atoms with Gasteiger partial charge in [-0.15, -0.1) is 11.3 Å². The maximum absolute atomic E-state index is 11.5. The first-order valence-electron chi connectivity index (χ1n) is 3.99. The number of thiophene rings is 1. The van der Waals surface area contributed by atoms with Gasteiger partial charge in [-0.25, -0.2) is 0 Å². The van der Waals surface area contributed by atoms with Crippen molar-refractivity contribution >= 4 is 39.1 Å². The Balaban J connectivity index is 2.29. The van der Waals surface area contributed by atoms with Crippen LogP contribution in [0.4, 0.5) is 0 Å². The molecular weight excluding hydrogens is 266 g/mol. The lowest BCUT2D eigenvalue weighted by atomic mass is 10.2. The Morgan fingerprint density at radius 3 is 2.93 bits per heavy atom. The number of guanidine groups is 1. The van der Waals surface area contributed by atoms with E-state index in [4.69, 9.17) is 0 Å². The van der Waals surface area contributed by atoms with Crippen molar-refractivity contribution in [3.63, 3.8) is 0 Å². The number of carbonyl (C=O) groups is 1. The van der Waals surface area contributed by atoms with Crippen molar-refractivity contribution in [2.45, 2.75) is 6.04 Å². The lowest BCUT2D eigenvalue weighted by Gasteiger charge is -2.04. The van der Waals surface area contributed by atoms with Gasteiger partial charge in [-0.05, 0) is 27.4 Å². The Kier molecular flexibility index (Phi) is 2.56. The third-order valence-corrected chi connectivity index (χ3v) is 3.85. The second kappa shape index (κ2) is 3.70. The SMILES string of the molecule is CN=C1NC(=O)C(c2sccc2Br)N1. The topological polar surface area (TPSA) is 53.5 Å². The predicted octanol–water partition coefficient (Wildman–Crippen LogP) is 1.26. The monoisotopic (exact) mass is 273 g/mol. The molecule has 1 aliphatic heterocycles. The largest absolute Gasteiger partial charge is 0.340 e. The number of nitrogens with zero attached hydrogens (tertiary/aromatic N) is 1. The van der Waals surface area contributed by atoms with Gasteiger partial charge in [0.2, 0.25) is 0 Å². The van der Waals surface area contributed by atoms with Gasteiger partial charge < -0.3 is 5.32 Å². The molecular formula is C8H8BrN3OS. The summed E-state index contributed by atoms with van der Waals surface area (Å²) < 4.78 is 0.951. The summed E-state index contributed by atoms with van der Waals surface area (Å²) in [4.78, 5) is 16.4. The molecule has 4 nitrogen and oxygen atoms in total. The van der Waals surface area contributed by atoms with E-state index in [2.05, 4.69) is 31.6 Å².